The first-order valence-electron chi connectivity index (χ1n) is 8.67. The Kier molecular flexibility index (Phi) is 5.49. The molecule has 7 nitrogen and oxygen atoms in total. The Labute approximate surface area is 157 Å². The molecule has 0 aliphatic carbocycles. The summed E-state index contributed by atoms with van der Waals surface area (Å²) >= 11 is 0. The van der Waals surface area contributed by atoms with Gasteiger partial charge in [-0.15, -0.1) is 0 Å². The molecular weight excluding hydrogens is 348 g/mol. The van der Waals surface area contributed by atoms with Gasteiger partial charge in [-0.1, -0.05) is 12.1 Å². The minimum absolute atomic E-state index is 0.0228. The van der Waals surface area contributed by atoms with Gasteiger partial charge in [-0.3, -0.25) is 9.59 Å². The molecule has 0 bridgehead atoms. The van der Waals surface area contributed by atoms with Gasteiger partial charge in [-0.25, -0.2) is 0 Å². The predicted octanol–water partition coefficient (Wildman–Crippen LogP) is 3.19. The zero-order valence-corrected chi connectivity index (χ0v) is 15.5. The van der Waals surface area contributed by atoms with Crippen LogP contribution < -0.4 is 24.4 Å². The van der Waals surface area contributed by atoms with Crippen LogP contribution in [0.1, 0.15) is 20.8 Å². The molecule has 0 atom stereocenters. The highest BCUT2D eigenvalue weighted by molar-refractivity contribution is 6.02. The van der Waals surface area contributed by atoms with Gasteiger partial charge >= 0.3 is 0 Å². The fraction of sp³-hybridized carbons (Fsp3) is 0.300. The summed E-state index contributed by atoms with van der Waals surface area (Å²) in [4.78, 5) is 26.0. The predicted molar refractivity (Wildman–Crippen MR) is 101 cm³/mol. The van der Waals surface area contributed by atoms with E-state index in [1.165, 1.54) is 11.8 Å². The van der Waals surface area contributed by atoms with Gasteiger partial charge < -0.3 is 24.4 Å². The van der Waals surface area contributed by atoms with Gasteiger partial charge in [0, 0.05) is 18.7 Å². The maximum Gasteiger partial charge on any atom is 0.244 e. The zero-order valence-electron chi connectivity index (χ0n) is 15.5. The third-order valence-corrected chi connectivity index (χ3v) is 3.87. The van der Waals surface area contributed by atoms with Crippen molar-refractivity contribution in [1.82, 2.24) is 0 Å². The van der Waals surface area contributed by atoms with E-state index >= 15 is 0 Å². The van der Waals surface area contributed by atoms with Gasteiger partial charge in [0.1, 0.15) is 12.3 Å². The average molecular weight is 370 g/mol. The topological polar surface area (TPSA) is 77.1 Å². The van der Waals surface area contributed by atoms with E-state index in [-0.39, 0.29) is 31.3 Å². The van der Waals surface area contributed by atoms with Gasteiger partial charge in [0.05, 0.1) is 11.8 Å². The molecule has 0 saturated carbocycles. The summed E-state index contributed by atoms with van der Waals surface area (Å²) in [6, 6.07) is 12.3. The number of amides is 2. The Morgan fingerprint density at radius 1 is 1.15 bits per heavy atom. The molecular formula is C20H22N2O5. The van der Waals surface area contributed by atoms with Crippen molar-refractivity contribution in [3.8, 4) is 17.2 Å². The number of nitrogens with zero attached hydrogens (tertiary/aromatic N) is 1. The number of anilines is 2. The van der Waals surface area contributed by atoms with Crippen LogP contribution in [-0.2, 0) is 9.59 Å². The first-order valence-corrected chi connectivity index (χ1v) is 8.67. The van der Waals surface area contributed by atoms with Gasteiger partial charge in [0.25, 0.3) is 0 Å². The van der Waals surface area contributed by atoms with Crippen LogP contribution in [0.3, 0.4) is 0 Å². The minimum atomic E-state index is -0.331. The van der Waals surface area contributed by atoms with Gasteiger partial charge in [0.15, 0.2) is 11.5 Å². The van der Waals surface area contributed by atoms with E-state index in [1.807, 2.05) is 26.0 Å². The minimum Gasteiger partial charge on any atom is -0.489 e. The molecule has 2 amide bonds. The van der Waals surface area contributed by atoms with Crippen LogP contribution in [0.25, 0.3) is 0 Å². The number of nitrogens with one attached hydrogen (secondary N) is 1. The number of fused-ring (bicyclic) bond motifs is 1. The third kappa shape index (κ3) is 4.49. The molecule has 2 aromatic rings. The summed E-state index contributed by atoms with van der Waals surface area (Å²) in [5, 5.41) is 2.81. The van der Waals surface area contributed by atoms with Crippen LogP contribution in [0.2, 0.25) is 0 Å². The summed E-state index contributed by atoms with van der Waals surface area (Å²) in [7, 11) is 0. The second kappa shape index (κ2) is 7.99. The van der Waals surface area contributed by atoms with Crippen molar-refractivity contribution < 1.29 is 23.8 Å². The van der Waals surface area contributed by atoms with Gasteiger partial charge in [0.2, 0.25) is 18.6 Å². The summed E-state index contributed by atoms with van der Waals surface area (Å²) in [5.41, 5.74) is 1.12. The lowest BCUT2D eigenvalue weighted by atomic mass is 10.2. The van der Waals surface area contributed by atoms with Crippen molar-refractivity contribution in [3.05, 3.63) is 42.5 Å². The molecule has 2 aromatic carbocycles. The first-order chi connectivity index (χ1) is 12.9. The van der Waals surface area contributed by atoms with Crippen molar-refractivity contribution in [1.29, 1.82) is 0 Å². The van der Waals surface area contributed by atoms with Gasteiger partial charge in [-0.05, 0) is 38.1 Å². The highest BCUT2D eigenvalue weighted by Crippen LogP contribution is 2.35. The van der Waals surface area contributed by atoms with E-state index in [1.54, 1.807) is 30.3 Å². The molecule has 1 aliphatic rings. The monoisotopic (exact) mass is 370 g/mol. The lowest BCUT2D eigenvalue weighted by Gasteiger charge is -2.21. The van der Waals surface area contributed by atoms with E-state index < -0.39 is 0 Å². The van der Waals surface area contributed by atoms with E-state index in [2.05, 4.69) is 5.32 Å². The molecule has 0 radical (unpaired) electrons. The summed E-state index contributed by atoms with van der Waals surface area (Å²) in [5.74, 6) is 1.16. The van der Waals surface area contributed by atoms with Gasteiger partial charge in [-0.2, -0.15) is 0 Å². The number of benzene rings is 2. The second-order valence-electron chi connectivity index (χ2n) is 6.35. The molecule has 0 aromatic heterocycles. The molecule has 142 valence electrons. The lowest BCUT2D eigenvalue weighted by Crippen LogP contribution is -2.36. The molecule has 1 aliphatic heterocycles. The normalized spacial score (nSPS) is 12.0. The third-order valence-electron chi connectivity index (χ3n) is 3.87. The summed E-state index contributed by atoms with van der Waals surface area (Å²) in [6.07, 6.45) is -0.0228. The second-order valence-corrected chi connectivity index (χ2v) is 6.35. The largest absolute Gasteiger partial charge is 0.489 e. The van der Waals surface area contributed by atoms with E-state index in [0.29, 0.717) is 28.6 Å². The molecule has 0 unspecified atom stereocenters. The van der Waals surface area contributed by atoms with E-state index in [9.17, 15) is 9.59 Å². The van der Waals surface area contributed by atoms with Crippen molar-refractivity contribution >= 4 is 23.2 Å². The quantitative estimate of drug-likeness (QED) is 0.845. The Hall–Kier alpha value is -3.22. The molecule has 0 saturated heterocycles. The summed E-state index contributed by atoms with van der Waals surface area (Å²) in [6.45, 7) is 5.25. The fourth-order valence-electron chi connectivity index (χ4n) is 2.70. The molecule has 3 rings (SSSR count). The molecule has 1 N–H and O–H groups in total. The number of ether oxygens (including phenoxy) is 3. The smallest absolute Gasteiger partial charge is 0.244 e. The van der Waals surface area contributed by atoms with Crippen LogP contribution in [0, 0.1) is 0 Å². The van der Waals surface area contributed by atoms with E-state index in [4.69, 9.17) is 14.2 Å². The van der Waals surface area contributed by atoms with Crippen molar-refractivity contribution in [2.45, 2.75) is 26.9 Å². The first kappa shape index (κ1) is 18.6. The SMILES string of the molecule is CC(=O)N(CC(=O)Nc1ccccc1OC(C)C)c1ccc2c(c1)OCO2. The molecule has 1 heterocycles. The highest BCUT2D eigenvalue weighted by atomic mass is 16.7. The standard InChI is InChI=1S/C20H22N2O5/c1-13(2)27-17-7-5-4-6-16(17)21-20(24)11-22(14(3)23)15-8-9-18-19(10-15)26-12-25-18/h4-10,13H,11-12H2,1-3H3,(H,21,24). The van der Waals surface area contributed by atoms with Crippen LogP contribution >= 0.6 is 0 Å². The highest BCUT2D eigenvalue weighted by Gasteiger charge is 2.21. The number of carbonyl (C=O) groups excluding carboxylic acids is 2. The number of carbonyl (C=O) groups is 2. The fourth-order valence-corrected chi connectivity index (χ4v) is 2.70. The number of hydrogen-bond donors (Lipinski definition) is 1. The Morgan fingerprint density at radius 2 is 1.89 bits per heavy atom. The number of rotatable bonds is 6. The summed E-state index contributed by atoms with van der Waals surface area (Å²) < 4.78 is 16.3. The maximum atomic E-state index is 12.6. The lowest BCUT2D eigenvalue weighted by molar-refractivity contribution is -0.120. The molecule has 0 fully saturated rings. The number of hydrogen-bond acceptors (Lipinski definition) is 5. The molecule has 0 spiro atoms. The van der Waals surface area contributed by atoms with Crippen molar-refractivity contribution in [3.63, 3.8) is 0 Å². The Bertz CT molecular complexity index is 850. The van der Waals surface area contributed by atoms with Crippen molar-refractivity contribution in [2.24, 2.45) is 0 Å². The number of para-hydroxylation sites is 2. The van der Waals surface area contributed by atoms with Crippen LogP contribution in [-0.4, -0.2) is 31.3 Å². The molecule has 7 heteroatoms. The molecule has 27 heavy (non-hydrogen) atoms. The Morgan fingerprint density at radius 3 is 2.63 bits per heavy atom. The van der Waals surface area contributed by atoms with Crippen LogP contribution in [0.15, 0.2) is 42.5 Å². The van der Waals surface area contributed by atoms with E-state index in [0.717, 1.165) is 0 Å². The van der Waals surface area contributed by atoms with Crippen LogP contribution in [0.5, 0.6) is 17.2 Å². The van der Waals surface area contributed by atoms with Crippen molar-refractivity contribution in [2.75, 3.05) is 23.6 Å². The van der Waals surface area contributed by atoms with Crippen LogP contribution in [0.4, 0.5) is 11.4 Å². The zero-order chi connectivity index (χ0) is 19.4. The average Bonchev–Trinajstić information content (AvgIpc) is 3.08. The maximum absolute atomic E-state index is 12.6. The Balaban J connectivity index is 1.74.